The molecule has 4 aromatic rings. The van der Waals surface area contributed by atoms with Crippen molar-refractivity contribution in [2.45, 2.75) is 25.9 Å². The highest BCUT2D eigenvalue weighted by atomic mass is 35.5. The van der Waals surface area contributed by atoms with Crippen LogP contribution in [0, 0.1) is 0 Å². The van der Waals surface area contributed by atoms with Gasteiger partial charge in [0, 0.05) is 5.56 Å². The summed E-state index contributed by atoms with van der Waals surface area (Å²) < 4.78 is 21.2. The second kappa shape index (κ2) is 17.9. The van der Waals surface area contributed by atoms with Gasteiger partial charge >= 0.3 is 0 Å². The van der Waals surface area contributed by atoms with E-state index in [4.69, 9.17) is 42.1 Å². The number of nitrogens with zero attached hydrogens (tertiary/aromatic N) is 4. The summed E-state index contributed by atoms with van der Waals surface area (Å²) in [5, 5.41) is 21.8. The third kappa shape index (κ3) is 9.27. The van der Waals surface area contributed by atoms with Gasteiger partial charge in [-0.3, -0.25) is 19.2 Å². The number of hydrogen-bond donors (Lipinski definition) is 2. The van der Waals surface area contributed by atoms with E-state index in [1.165, 1.54) is 48.4 Å². The van der Waals surface area contributed by atoms with Crippen molar-refractivity contribution in [3.63, 3.8) is 0 Å². The van der Waals surface area contributed by atoms with Crippen molar-refractivity contribution in [3.05, 3.63) is 82.8 Å². The van der Waals surface area contributed by atoms with Crippen molar-refractivity contribution in [2.24, 2.45) is 20.5 Å². The first-order valence-corrected chi connectivity index (χ1v) is 16.1. The molecule has 0 aliphatic heterocycles. The van der Waals surface area contributed by atoms with E-state index in [1.54, 1.807) is 66.7 Å². The highest BCUT2D eigenvalue weighted by Gasteiger charge is 2.26. The van der Waals surface area contributed by atoms with E-state index >= 15 is 0 Å². The van der Waals surface area contributed by atoms with Gasteiger partial charge in [-0.2, -0.15) is 20.5 Å². The van der Waals surface area contributed by atoms with Gasteiger partial charge in [-0.25, -0.2) is 0 Å². The number of halogens is 2. The first kappa shape index (κ1) is 38.9. The Morgan fingerprint density at radius 3 is 1.54 bits per heavy atom. The molecule has 0 saturated carbocycles. The van der Waals surface area contributed by atoms with Crippen LogP contribution in [0.15, 0.2) is 93.3 Å². The Bertz CT molecular complexity index is 2040. The number of carbonyl (C=O) groups excluding carboxylic acids is 4. The average molecular weight is 750 g/mol. The van der Waals surface area contributed by atoms with Crippen molar-refractivity contribution in [2.75, 3.05) is 39.1 Å². The van der Waals surface area contributed by atoms with Gasteiger partial charge in [0.2, 0.25) is 12.1 Å². The molecule has 16 heteroatoms. The molecule has 2 N–H and O–H groups in total. The number of para-hydroxylation sites is 2. The fourth-order valence-corrected chi connectivity index (χ4v) is 5.26. The van der Waals surface area contributed by atoms with E-state index in [9.17, 15) is 19.2 Å². The molecule has 0 aromatic heterocycles. The maximum atomic E-state index is 13.0. The van der Waals surface area contributed by atoms with Gasteiger partial charge in [0.1, 0.15) is 5.69 Å². The van der Waals surface area contributed by atoms with E-state index in [0.29, 0.717) is 34.0 Å². The highest BCUT2D eigenvalue weighted by Crippen LogP contribution is 2.39. The molecule has 2 unspecified atom stereocenters. The lowest BCUT2D eigenvalue weighted by atomic mass is 10.0. The average Bonchev–Trinajstić information content (AvgIpc) is 3.12. The molecule has 4 aromatic carbocycles. The van der Waals surface area contributed by atoms with Crippen LogP contribution < -0.4 is 29.6 Å². The maximum Gasteiger partial charge on any atom is 0.258 e. The van der Waals surface area contributed by atoms with Crippen molar-refractivity contribution in [1.29, 1.82) is 0 Å². The Labute approximate surface area is 309 Å². The predicted octanol–water partition coefficient (Wildman–Crippen LogP) is 8.05. The van der Waals surface area contributed by atoms with Crippen LogP contribution in [0.25, 0.3) is 11.1 Å². The molecular formula is C36H34Cl2N6O8. The minimum absolute atomic E-state index is 0.124. The molecule has 0 aliphatic carbocycles. The molecule has 0 saturated heterocycles. The van der Waals surface area contributed by atoms with Crippen molar-refractivity contribution >= 4 is 69.3 Å². The lowest BCUT2D eigenvalue weighted by Crippen LogP contribution is -2.32. The predicted molar refractivity (Wildman–Crippen MR) is 196 cm³/mol. The van der Waals surface area contributed by atoms with Crippen LogP contribution in [0.4, 0.5) is 22.7 Å². The number of Topliss-reactive ketones (excluding diaryl/α,β-unsaturated/α-hetero) is 2. The fraction of sp³-hybridized carbons (Fsp3) is 0.222. The van der Waals surface area contributed by atoms with Gasteiger partial charge in [-0.15, -0.1) is 0 Å². The molecule has 0 heterocycles. The summed E-state index contributed by atoms with van der Waals surface area (Å²) in [6.45, 7) is 2.45. The first-order chi connectivity index (χ1) is 24.9. The summed E-state index contributed by atoms with van der Waals surface area (Å²) in [5.74, 6) is -1.19. The minimum Gasteiger partial charge on any atom is -0.493 e. The molecule has 0 spiro atoms. The van der Waals surface area contributed by atoms with Crippen LogP contribution in [0.2, 0.25) is 10.0 Å². The van der Waals surface area contributed by atoms with Crippen LogP contribution in [0.1, 0.15) is 13.8 Å². The quantitative estimate of drug-likeness (QED) is 0.0905. The number of rotatable bonds is 15. The van der Waals surface area contributed by atoms with Crippen LogP contribution in [-0.2, 0) is 19.2 Å². The zero-order valence-electron chi connectivity index (χ0n) is 28.9. The summed E-state index contributed by atoms with van der Waals surface area (Å²) >= 11 is 13.1. The Hall–Kier alpha value is -5.86. The zero-order chi connectivity index (χ0) is 37.9. The first-order valence-electron chi connectivity index (χ1n) is 15.4. The molecule has 14 nitrogen and oxygen atoms in total. The van der Waals surface area contributed by atoms with Crippen molar-refractivity contribution in [3.8, 4) is 34.1 Å². The van der Waals surface area contributed by atoms with E-state index in [-0.39, 0.29) is 32.9 Å². The fourth-order valence-electron chi connectivity index (χ4n) is 4.80. The minimum atomic E-state index is -1.49. The molecule has 0 radical (unpaired) electrons. The van der Waals surface area contributed by atoms with Gasteiger partial charge in [0.05, 0.1) is 55.5 Å². The Morgan fingerprint density at radius 2 is 1.10 bits per heavy atom. The zero-order valence-corrected chi connectivity index (χ0v) is 30.4. The second-order valence-electron chi connectivity index (χ2n) is 10.8. The van der Waals surface area contributed by atoms with E-state index in [0.717, 1.165) is 0 Å². The normalized spacial score (nSPS) is 12.2. The SMILES string of the molecule is COc1cccc(NC(=O)C(N=Nc2ccc(-c3cc(Cl)c(N=NC(C(C)=O)C(=O)Nc4cccc(OC)c4OC)cc3Cl)cc2)C(C)=O)c1OC. The number of amides is 2. The highest BCUT2D eigenvalue weighted by molar-refractivity contribution is 6.37. The van der Waals surface area contributed by atoms with E-state index in [2.05, 4.69) is 31.1 Å². The maximum absolute atomic E-state index is 13.0. The number of carbonyl (C=O) groups is 4. The third-order valence-corrected chi connectivity index (χ3v) is 7.99. The number of ether oxygens (including phenoxy) is 4. The topological polar surface area (TPSA) is 179 Å². The molecule has 52 heavy (non-hydrogen) atoms. The van der Waals surface area contributed by atoms with Crippen LogP contribution in [0.5, 0.6) is 23.0 Å². The monoisotopic (exact) mass is 748 g/mol. The van der Waals surface area contributed by atoms with Gasteiger partial charge in [0.25, 0.3) is 11.8 Å². The number of anilines is 2. The molecule has 270 valence electrons. The summed E-state index contributed by atoms with van der Waals surface area (Å²) in [6, 6.07) is 16.5. The standard InChI is InChI=1S/C36H34Cl2N6O8/c1-19(45)31(35(47)39-26-9-7-11-29(49-3)33(26)51-5)43-41-22-15-13-21(14-16-22)23-17-25(38)28(18-24(23)37)42-44-32(20(2)46)36(48)40-27-10-8-12-30(50-4)34(27)52-6/h7-18,31-32H,1-6H3,(H,39,47)(H,40,48). The van der Waals surface area contributed by atoms with E-state index in [1.807, 2.05) is 0 Å². The summed E-state index contributed by atoms with van der Waals surface area (Å²) in [5.41, 5.74) is 2.24. The van der Waals surface area contributed by atoms with Crippen molar-refractivity contribution < 1.29 is 38.1 Å². The molecule has 0 aliphatic rings. The third-order valence-electron chi connectivity index (χ3n) is 7.37. The van der Waals surface area contributed by atoms with Crippen molar-refractivity contribution in [1.82, 2.24) is 0 Å². The molecule has 2 amide bonds. The lowest BCUT2D eigenvalue weighted by molar-refractivity contribution is -0.127. The summed E-state index contributed by atoms with van der Waals surface area (Å²) in [4.78, 5) is 50.7. The Balaban J connectivity index is 1.49. The number of ketones is 2. The smallest absolute Gasteiger partial charge is 0.258 e. The van der Waals surface area contributed by atoms with Crippen LogP contribution in [0.3, 0.4) is 0 Å². The molecular weight excluding hydrogens is 715 g/mol. The van der Waals surface area contributed by atoms with Crippen LogP contribution in [-0.4, -0.2) is 63.9 Å². The van der Waals surface area contributed by atoms with Gasteiger partial charge in [-0.1, -0.05) is 47.5 Å². The molecule has 0 fully saturated rings. The number of benzene rings is 4. The Kier molecular flexibility index (Phi) is 13.4. The number of hydrogen-bond acceptors (Lipinski definition) is 12. The summed E-state index contributed by atoms with van der Waals surface area (Å²) in [7, 11) is 5.77. The van der Waals surface area contributed by atoms with Gasteiger partial charge in [0.15, 0.2) is 34.6 Å². The van der Waals surface area contributed by atoms with E-state index < -0.39 is 35.5 Å². The van der Waals surface area contributed by atoms with Crippen LogP contribution >= 0.6 is 23.2 Å². The van der Waals surface area contributed by atoms with Gasteiger partial charge in [-0.05, 0) is 67.9 Å². The molecule has 4 rings (SSSR count). The Morgan fingerprint density at radius 1 is 0.615 bits per heavy atom. The van der Waals surface area contributed by atoms with Gasteiger partial charge < -0.3 is 29.6 Å². The molecule has 2 atom stereocenters. The lowest BCUT2D eigenvalue weighted by Gasteiger charge is -2.15. The summed E-state index contributed by atoms with van der Waals surface area (Å²) in [6.07, 6.45) is 0. The largest absolute Gasteiger partial charge is 0.493 e. The number of nitrogens with one attached hydrogen (secondary N) is 2. The number of methoxy groups -OCH3 is 4. The number of azo groups is 2. The molecule has 0 bridgehead atoms. The second-order valence-corrected chi connectivity index (χ2v) is 11.7.